The molecule has 8 heteroatoms. The summed E-state index contributed by atoms with van der Waals surface area (Å²) >= 11 is 1.46. The summed E-state index contributed by atoms with van der Waals surface area (Å²) in [6.45, 7) is 12.1. The van der Waals surface area contributed by atoms with Gasteiger partial charge in [0, 0.05) is 17.7 Å². The number of aliphatic hydroxyl groups excluding tert-OH is 2. The topological polar surface area (TPSA) is 99.5 Å². The fraction of sp³-hybridized carbons (Fsp3) is 0.667. The Hall–Kier alpha value is -1.90. The SMILES string of the molecule is C/C1=C/CC(F)(/C(C)=C/c2csc(C)n2)NC(=O)CC(O)C(C)(C)C(=O)C(C)C(O)C(C)CCC1. The highest BCUT2D eigenvalue weighted by Gasteiger charge is 2.43. The highest BCUT2D eigenvalue weighted by atomic mass is 32.1. The highest BCUT2D eigenvalue weighted by molar-refractivity contribution is 7.09. The molecule has 0 aliphatic carbocycles. The van der Waals surface area contributed by atoms with E-state index >= 15 is 4.39 Å². The van der Waals surface area contributed by atoms with E-state index in [1.54, 1.807) is 39.8 Å². The van der Waals surface area contributed by atoms with Crippen LogP contribution in [0.15, 0.2) is 22.6 Å². The van der Waals surface area contributed by atoms with E-state index in [9.17, 15) is 19.8 Å². The summed E-state index contributed by atoms with van der Waals surface area (Å²) < 4.78 is 16.3. The van der Waals surface area contributed by atoms with Crippen LogP contribution in [0.2, 0.25) is 0 Å². The van der Waals surface area contributed by atoms with Crippen LogP contribution in [-0.4, -0.2) is 44.9 Å². The van der Waals surface area contributed by atoms with Crippen LogP contribution in [0, 0.1) is 24.2 Å². The number of aromatic nitrogens is 1. The summed E-state index contributed by atoms with van der Waals surface area (Å²) in [5.74, 6) is -3.99. The first kappa shape index (κ1) is 29.3. The van der Waals surface area contributed by atoms with E-state index in [-0.39, 0.29) is 18.1 Å². The van der Waals surface area contributed by atoms with Crippen molar-refractivity contribution in [2.75, 3.05) is 0 Å². The second-order valence-corrected chi connectivity index (χ2v) is 11.7. The third-order valence-electron chi connectivity index (χ3n) is 7.28. The summed E-state index contributed by atoms with van der Waals surface area (Å²) in [7, 11) is 0. The molecule has 6 nitrogen and oxygen atoms in total. The third kappa shape index (κ3) is 7.54. The maximum absolute atomic E-state index is 16.3. The number of aryl methyl sites for hydroxylation is 1. The lowest BCUT2D eigenvalue weighted by Gasteiger charge is -2.35. The molecule has 0 aromatic carbocycles. The maximum atomic E-state index is 16.3. The largest absolute Gasteiger partial charge is 0.392 e. The number of allylic oxidation sites excluding steroid dienone is 1. The van der Waals surface area contributed by atoms with Crippen molar-refractivity contribution in [2.45, 2.75) is 98.6 Å². The summed E-state index contributed by atoms with van der Waals surface area (Å²) in [5.41, 5.74) is 0.624. The third-order valence-corrected chi connectivity index (χ3v) is 8.07. The fourth-order valence-corrected chi connectivity index (χ4v) is 5.06. The van der Waals surface area contributed by atoms with Gasteiger partial charge in [0.05, 0.1) is 34.7 Å². The molecule has 196 valence electrons. The Labute approximate surface area is 212 Å². The van der Waals surface area contributed by atoms with E-state index in [2.05, 4.69) is 10.3 Å². The number of thiazole rings is 1. The molecule has 5 unspecified atom stereocenters. The molecule has 0 bridgehead atoms. The average molecular weight is 509 g/mol. The Bertz CT molecular complexity index is 970. The Morgan fingerprint density at radius 1 is 1.26 bits per heavy atom. The molecular weight excluding hydrogens is 467 g/mol. The molecule has 35 heavy (non-hydrogen) atoms. The van der Waals surface area contributed by atoms with Crippen molar-refractivity contribution in [1.82, 2.24) is 10.3 Å². The lowest BCUT2D eigenvalue weighted by Crippen LogP contribution is -2.50. The maximum Gasteiger partial charge on any atom is 0.225 e. The van der Waals surface area contributed by atoms with E-state index in [1.165, 1.54) is 11.3 Å². The number of Topliss-reactive ketones (excluding diaryl/α,β-unsaturated/α-hetero) is 1. The molecule has 0 saturated heterocycles. The van der Waals surface area contributed by atoms with Gasteiger partial charge in [-0.2, -0.15) is 0 Å². The predicted molar refractivity (Wildman–Crippen MR) is 138 cm³/mol. The molecule has 1 aliphatic heterocycles. The number of aliphatic hydroxyl groups is 2. The van der Waals surface area contributed by atoms with Crippen LogP contribution in [0.4, 0.5) is 4.39 Å². The summed E-state index contributed by atoms with van der Waals surface area (Å²) in [6, 6.07) is 0. The minimum absolute atomic E-state index is 0.0658. The summed E-state index contributed by atoms with van der Waals surface area (Å²) in [4.78, 5) is 30.4. The molecule has 0 radical (unpaired) electrons. The van der Waals surface area contributed by atoms with Crippen LogP contribution in [-0.2, 0) is 9.59 Å². The fourth-order valence-electron chi connectivity index (χ4n) is 4.49. The van der Waals surface area contributed by atoms with Gasteiger partial charge in [0.25, 0.3) is 0 Å². The van der Waals surface area contributed by atoms with Gasteiger partial charge in [0.2, 0.25) is 11.7 Å². The van der Waals surface area contributed by atoms with Gasteiger partial charge >= 0.3 is 0 Å². The molecule has 0 saturated carbocycles. The number of nitrogens with zero attached hydrogens (tertiary/aromatic N) is 1. The molecule has 2 rings (SSSR count). The first-order chi connectivity index (χ1) is 16.2. The first-order valence-electron chi connectivity index (χ1n) is 12.3. The van der Waals surface area contributed by atoms with E-state index in [4.69, 9.17) is 0 Å². The van der Waals surface area contributed by atoms with Crippen molar-refractivity contribution in [1.29, 1.82) is 0 Å². The number of nitrogens with one attached hydrogen (secondary N) is 1. The van der Waals surface area contributed by atoms with Gasteiger partial charge < -0.3 is 15.5 Å². The van der Waals surface area contributed by atoms with E-state index in [0.29, 0.717) is 17.7 Å². The lowest BCUT2D eigenvalue weighted by atomic mass is 9.73. The molecule has 5 atom stereocenters. The Morgan fingerprint density at radius 3 is 2.51 bits per heavy atom. The number of hydrogen-bond acceptors (Lipinski definition) is 6. The average Bonchev–Trinajstić information content (AvgIpc) is 3.19. The molecule has 0 spiro atoms. The number of amides is 1. The summed E-state index contributed by atoms with van der Waals surface area (Å²) in [6.07, 6.45) is 2.96. The van der Waals surface area contributed by atoms with Crippen molar-refractivity contribution < 1.29 is 24.2 Å². The Kier molecular flexibility index (Phi) is 9.96. The van der Waals surface area contributed by atoms with Crippen molar-refractivity contribution in [3.8, 4) is 0 Å². The smallest absolute Gasteiger partial charge is 0.225 e. The van der Waals surface area contributed by atoms with Gasteiger partial charge in [0.15, 0.2) is 0 Å². The van der Waals surface area contributed by atoms with Crippen LogP contribution >= 0.6 is 11.3 Å². The van der Waals surface area contributed by atoms with Crippen molar-refractivity contribution in [2.24, 2.45) is 17.3 Å². The van der Waals surface area contributed by atoms with E-state index < -0.39 is 41.7 Å². The molecular formula is C27H41FN2O4S. The van der Waals surface area contributed by atoms with Gasteiger partial charge in [-0.25, -0.2) is 9.37 Å². The van der Waals surface area contributed by atoms with Crippen LogP contribution < -0.4 is 5.32 Å². The standard InChI is InChI=1S/C27H41FN2O4S/c1-16-9-8-10-17(2)24(33)19(4)25(34)26(6,7)22(31)14-23(32)30-27(28,12-11-16)18(3)13-21-15-35-20(5)29-21/h11,13,15,17,19,22,24,31,33H,8-10,12,14H2,1-7H3,(H,30,32)/b16-11-,18-13+. The second kappa shape index (κ2) is 11.9. The molecule has 2 heterocycles. The zero-order valence-corrected chi connectivity index (χ0v) is 22.8. The van der Waals surface area contributed by atoms with Crippen LogP contribution in [0.3, 0.4) is 0 Å². The number of carbonyl (C=O) groups excluding carboxylic acids is 2. The van der Waals surface area contributed by atoms with Crippen molar-refractivity contribution in [3.05, 3.63) is 33.3 Å². The van der Waals surface area contributed by atoms with Crippen molar-refractivity contribution >= 4 is 29.1 Å². The highest BCUT2D eigenvalue weighted by Crippen LogP contribution is 2.33. The minimum Gasteiger partial charge on any atom is -0.392 e. The zero-order chi connectivity index (χ0) is 26.6. The predicted octanol–water partition coefficient (Wildman–Crippen LogP) is 5.14. The molecule has 0 fully saturated rings. The Balaban J connectivity index is 2.41. The number of rotatable bonds is 2. The number of carbonyl (C=O) groups is 2. The van der Waals surface area contributed by atoms with Gasteiger partial charge in [0.1, 0.15) is 5.78 Å². The van der Waals surface area contributed by atoms with Crippen LogP contribution in [0.5, 0.6) is 0 Å². The Morgan fingerprint density at radius 2 is 1.91 bits per heavy atom. The van der Waals surface area contributed by atoms with Crippen LogP contribution in [0.25, 0.3) is 6.08 Å². The zero-order valence-electron chi connectivity index (χ0n) is 22.0. The number of alkyl halides is 1. The number of hydrogen-bond donors (Lipinski definition) is 3. The quantitative estimate of drug-likeness (QED) is 0.380. The lowest BCUT2D eigenvalue weighted by molar-refractivity contribution is -0.143. The molecule has 1 aliphatic rings. The first-order valence-corrected chi connectivity index (χ1v) is 13.2. The van der Waals surface area contributed by atoms with Gasteiger partial charge in [-0.05, 0) is 57.6 Å². The normalized spacial score (nSPS) is 33.7. The monoisotopic (exact) mass is 508 g/mol. The minimum atomic E-state index is -2.17. The number of halogens is 1. The van der Waals surface area contributed by atoms with Gasteiger partial charge in [-0.15, -0.1) is 11.3 Å². The molecule has 3 N–H and O–H groups in total. The molecule has 1 aromatic rings. The summed E-state index contributed by atoms with van der Waals surface area (Å²) in [5, 5.41) is 26.7. The van der Waals surface area contributed by atoms with E-state index in [0.717, 1.165) is 23.4 Å². The molecule has 1 aromatic heterocycles. The molecule has 1 amide bonds. The number of ketones is 1. The van der Waals surface area contributed by atoms with Gasteiger partial charge in [-0.1, -0.05) is 39.3 Å². The van der Waals surface area contributed by atoms with Crippen LogP contribution in [0.1, 0.15) is 84.3 Å². The van der Waals surface area contributed by atoms with Crippen molar-refractivity contribution in [3.63, 3.8) is 0 Å². The van der Waals surface area contributed by atoms with Gasteiger partial charge in [-0.3, -0.25) is 9.59 Å². The van der Waals surface area contributed by atoms with E-state index in [1.807, 2.05) is 26.2 Å². The second-order valence-electron chi connectivity index (χ2n) is 10.7.